The Balaban J connectivity index is 1.90. The van der Waals surface area contributed by atoms with E-state index in [1.807, 2.05) is 6.07 Å². The van der Waals surface area contributed by atoms with Gasteiger partial charge in [0.1, 0.15) is 11.9 Å². The van der Waals surface area contributed by atoms with Crippen molar-refractivity contribution in [2.45, 2.75) is 12.8 Å². The Morgan fingerprint density at radius 2 is 2.32 bits per heavy atom. The maximum absolute atomic E-state index is 13.9. The number of imidazole rings is 1. The van der Waals surface area contributed by atoms with Crippen LogP contribution in [0.2, 0.25) is 0 Å². The third-order valence-corrected chi connectivity index (χ3v) is 3.44. The van der Waals surface area contributed by atoms with Crippen molar-refractivity contribution in [2.75, 3.05) is 11.9 Å². The summed E-state index contributed by atoms with van der Waals surface area (Å²) < 4.78 is 14.1. The SMILES string of the molecule is N#Cc1ccc(NCCCc2ncc[nH]2)c(F)c1Br. The van der Waals surface area contributed by atoms with E-state index in [1.54, 1.807) is 24.5 Å². The molecule has 1 aromatic heterocycles. The molecule has 6 heteroatoms. The van der Waals surface area contributed by atoms with Gasteiger partial charge in [0.2, 0.25) is 0 Å². The van der Waals surface area contributed by atoms with Gasteiger partial charge in [-0.1, -0.05) is 0 Å². The summed E-state index contributed by atoms with van der Waals surface area (Å²) in [4.78, 5) is 7.13. The van der Waals surface area contributed by atoms with E-state index in [9.17, 15) is 4.39 Å². The van der Waals surface area contributed by atoms with Crippen LogP contribution in [0.25, 0.3) is 0 Å². The van der Waals surface area contributed by atoms with Crippen LogP contribution >= 0.6 is 15.9 Å². The van der Waals surface area contributed by atoms with E-state index in [0.29, 0.717) is 17.8 Å². The maximum Gasteiger partial charge on any atom is 0.161 e. The van der Waals surface area contributed by atoms with Crippen LogP contribution in [0.4, 0.5) is 10.1 Å². The average Bonchev–Trinajstić information content (AvgIpc) is 2.92. The van der Waals surface area contributed by atoms with Gasteiger partial charge in [0.25, 0.3) is 0 Å². The molecule has 98 valence electrons. The monoisotopic (exact) mass is 322 g/mol. The number of rotatable bonds is 5. The van der Waals surface area contributed by atoms with E-state index in [2.05, 4.69) is 31.2 Å². The number of nitrogens with one attached hydrogen (secondary N) is 2. The van der Waals surface area contributed by atoms with Gasteiger partial charge in [-0.2, -0.15) is 5.26 Å². The van der Waals surface area contributed by atoms with Crippen LogP contribution in [0, 0.1) is 17.1 Å². The molecule has 4 nitrogen and oxygen atoms in total. The average molecular weight is 323 g/mol. The second-order valence-electron chi connectivity index (χ2n) is 3.97. The molecule has 2 rings (SSSR count). The van der Waals surface area contributed by atoms with Crippen LogP contribution in [0.15, 0.2) is 29.0 Å². The molecule has 0 radical (unpaired) electrons. The largest absolute Gasteiger partial charge is 0.383 e. The van der Waals surface area contributed by atoms with Crippen molar-refractivity contribution in [3.8, 4) is 6.07 Å². The first-order valence-electron chi connectivity index (χ1n) is 5.82. The van der Waals surface area contributed by atoms with Gasteiger partial charge in [0.05, 0.1) is 15.7 Å². The highest BCUT2D eigenvalue weighted by Crippen LogP contribution is 2.26. The fraction of sp³-hybridized carbons (Fsp3) is 0.231. The molecule has 0 unspecified atom stereocenters. The molecule has 0 atom stereocenters. The maximum atomic E-state index is 13.9. The first kappa shape index (κ1) is 13.6. The lowest BCUT2D eigenvalue weighted by atomic mass is 10.2. The number of H-pyrrole nitrogens is 1. The van der Waals surface area contributed by atoms with Crippen molar-refractivity contribution in [1.82, 2.24) is 9.97 Å². The van der Waals surface area contributed by atoms with Crippen molar-refractivity contribution in [3.05, 3.63) is 46.2 Å². The number of aryl methyl sites for hydroxylation is 1. The highest BCUT2D eigenvalue weighted by molar-refractivity contribution is 9.10. The highest BCUT2D eigenvalue weighted by atomic mass is 79.9. The second kappa shape index (κ2) is 6.34. The van der Waals surface area contributed by atoms with Crippen LogP contribution in [0.5, 0.6) is 0 Å². The summed E-state index contributed by atoms with van der Waals surface area (Å²) in [5, 5.41) is 11.8. The van der Waals surface area contributed by atoms with Gasteiger partial charge in [-0.3, -0.25) is 0 Å². The molecule has 1 heterocycles. The fourth-order valence-corrected chi connectivity index (χ4v) is 2.12. The van der Waals surface area contributed by atoms with Crippen LogP contribution in [-0.2, 0) is 6.42 Å². The van der Waals surface area contributed by atoms with E-state index in [0.717, 1.165) is 18.7 Å². The van der Waals surface area contributed by atoms with Gasteiger partial charge in [0.15, 0.2) is 5.82 Å². The summed E-state index contributed by atoms with van der Waals surface area (Å²) in [6.45, 7) is 0.635. The van der Waals surface area contributed by atoms with Gasteiger partial charge in [-0.05, 0) is 34.5 Å². The first-order chi connectivity index (χ1) is 9.22. The third kappa shape index (κ3) is 3.32. The van der Waals surface area contributed by atoms with Crippen LogP contribution in [0.3, 0.4) is 0 Å². The van der Waals surface area contributed by atoms with Crippen molar-refractivity contribution in [3.63, 3.8) is 0 Å². The molecule has 2 aromatic rings. The standard InChI is InChI=1S/C13H12BrFN4/c14-12-9(8-16)3-4-10(13(12)15)17-5-1-2-11-18-6-7-19-11/h3-4,6-7,17H,1-2,5H2,(H,18,19). The summed E-state index contributed by atoms with van der Waals surface area (Å²) >= 11 is 3.08. The Labute approximate surface area is 118 Å². The minimum Gasteiger partial charge on any atom is -0.383 e. The zero-order valence-electron chi connectivity index (χ0n) is 10.1. The Hall–Kier alpha value is -1.87. The summed E-state index contributed by atoms with van der Waals surface area (Å²) in [6.07, 6.45) is 5.13. The highest BCUT2D eigenvalue weighted by Gasteiger charge is 2.10. The molecule has 0 saturated carbocycles. The summed E-state index contributed by atoms with van der Waals surface area (Å²) in [5.74, 6) is 0.486. The molecule has 0 bridgehead atoms. The number of hydrogen-bond acceptors (Lipinski definition) is 3. The molecular formula is C13H12BrFN4. The third-order valence-electron chi connectivity index (χ3n) is 2.66. The van der Waals surface area contributed by atoms with Crippen LogP contribution in [-0.4, -0.2) is 16.5 Å². The minimum absolute atomic E-state index is 0.200. The Bertz CT molecular complexity index is 589. The Morgan fingerprint density at radius 1 is 1.47 bits per heavy atom. The normalized spacial score (nSPS) is 10.2. The lowest BCUT2D eigenvalue weighted by Crippen LogP contribution is -2.06. The van der Waals surface area contributed by atoms with E-state index in [1.165, 1.54) is 0 Å². The summed E-state index contributed by atoms with van der Waals surface area (Å²) in [6, 6.07) is 5.08. The number of benzene rings is 1. The van der Waals surface area contributed by atoms with E-state index in [4.69, 9.17) is 5.26 Å². The van der Waals surface area contributed by atoms with E-state index < -0.39 is 5.82 Å². The molecule has 19 heavy (non-hydrogen) atoms. The predicted molar refractivity (Wildman–Crippen MR) is 74.2 cm³/mol. The van der Waals surface area contributed by atoms with Crippen molar-refractivity contribution < 1.29 is 4.39 Å². The lowest BCUT2D eigenvalue weighted by molar-refractivity contribution is 0.622. The van der Waals surface area contributed by atoms with Crippen molar-refractivity contribution in [1.29, 1.82) is 5.26 Å². The smallest absolute Gasteiger partial charge is 0.161 e. The zero-order chi connectivity index (χ0) is 13.7. The van der Waals surface area contributed by atoms with Crippen LogP contribution in [0.1, 0.15) is 17.8 Å². The number of aromatic amines is 1. The number of hydrogen-bond donors (Lipinski definition) is 2. The number of anilines is 1. The summed E-state index contributed by atoms with van der Waals surface area (Å²) in [5.41, 5.74) is 0.684. The Morgan fingerprint density at radius 3 is 3.00 bits per heavy atom. The predicted octanol–water partition coefficient (Wildman–Crippen LogP) is 3.23. The van der Waals surface area contributed by atoms with E-state index in [-0.39, 0.29) is 4.47 Å². The van der Waals surface area contributed by atoms with Crippen molar-refractivity contribution >= 4 is 21.6 Å². The Kier molecular flexibility index (Phi) is 4.53. The van der Waals surface area contributed by atoms with Gasteiger partial charge in [-0.25, -0.2) is 9.37 Å². The molecule has 0 aliphatic rings. The molecule has 0 spiro atoms. The summed E-state index contributed by atoms with van der Waals surface area (Å²) in [7, 11) is 0. The van der Waals surface area contributed by atoms with Gasteiger partial charge in [0, 0.05) is 25.4 Å². The molecule has 0 saturated heterocycles. The molecule has 0 fully saturated rings. The minimum atomic E-state index is -0.433. The first-order valence-corrected chi connectivity index (χ1v) is 6.62. The van der Waals surface area contributed by atoms with Gasteiger partial charge in [-0.15, -0.1) is 0 Å². The zero-order valence-corrected chi connectivity index (χ0v) is 11.7. The number of nitrogens with zero attached hydrogens (tertiary/aromatic N) is 2. The van der Waals surface area contributed by atoms with Crippen molar-refractivity contribution in [2.24, 2.45) is 0 Å². The molecule has 0 aliphatic carbocycles. The number of nitriles is 1. The number of halogens is 2. The molecule has 1 aromatic carbocycles. The van der Waals surface area contributed by atoms with E-state index >= 15 is 0 Å². The van der Waals surface area contributed by atoms with Gasteiger partial charge >= 0.3 is 0 Å². The molecule has 0 aliphatic heterocycles. The fourth-order valence-electron chi connectivity index (χ4n) is 1.69. The molecule has 2 N–H and O–H groups in total. The lowest BCUT2D eigenvalue weighted by Gasteiger charge is -2.08. The topological polar surface area (TPSA) is 64.5 Å². The number of aromatic nitrogens is 2. The quantitative estimate of drug-likeness (QED) is 0.831. The molecular weight excluding hydrogens is 311 g/mol. The van der Waals surface area contributed by atoms with Crippen LogP contribution < -0.4 is 5.32 Å². The van der Waals surface area contributed by atoms with Gasteiger partial charge < -0.3 is 10.3 Å². The molecule has 0 amide bonds. The second-order valence-corrected chi connectivity index (χ2v) is 4.76.